The van der Waals surface area contributed by atoms with Crippen LogP contribution in [0, 0.1) is 0 Å². The van der Waals surface area contributed by atoms with E-state index in [9.17, 15) is 0 Å². The van der Waals surface area contributed by atoms with Gasteiger partial charge in [0.05, 0.1) is 0 Å². The SMILES string of the molecule is CC1(C)c2ccccc2-c2ccc(-c3ccc4c(-c5ccc(-c6cc7ccccc7c7ccccc67)cc5)c5ccccc5c(-c5cc6ccccc6c6ccccc56)c4c3)cc21. The second-order valence-electron chi connectivity index (χ2n) is 17.9. The molecule has 0 heteroatoms. The lowest BCUT2D eigenvalue weighted by Crippen LogP contribution is -2.14. The minimum absolute atomic E-state index is 0.0807. The van der Waals surface area contributed by atoms with Gasteiger partial charge in [0.1, 0.15) is 0 Å². The fourth-order valence-corrected chi connectivity index (χ4v) is 11.2. The second kappa shape index (κ2) is 13.6. The number of rotatable bonds is 4. The molecule has 1 aliphatic rings. The molecule has 12 aromatic carbocycles. The first-order valence-corrected chi connectivity index (χ1v) is 22.2. The van der Waals surface area contributed by atoms with Crippen molar-refractivity contribution in [3.63, 3.8) is 0 Å². The number of fused-ring (bicyclic) bond motifs is 11. The van der Waals surface area contributed by atoms with E-state index in [-0.39, 0.29) is 5.41 Å². The van der Waals surface area contributed by atoms with Crippen LogP contribution in [-0.2, 0) is 5.41 Å². The molecule has 0 saturated carbocycles. The van der Waals surface area contributed by atoms with Crippen molar-refractivity contribution in [1.29, 1.82) is 0 Å². The topological polar surface area (TPSA) is 0 Å². The summed E-state index contributed by atoms with van der Waals surface area (Å²) in [5.41, 5.74) is 15.4. The third-order valence-electron chi connectivity index (χ3n) is 14.2. The van der Waals surface area contributed by atoms with Gasteiger partial charge in [0.25, 0.3) is 0 Å². The normalized spacial score (nSPS) is 13.0. The monoisotopic (exact) mass is 798 g/mol. The fourth-order valence-electron chi connectivity index (χ4n) is 11.2. The van der Waals surface area contributed by atoms with E-state index in [1.165, 1.54) is 131 Å². The molecule has 0 atom stereocenters. The molecule has 0 radical (unpaired) electrons. The summed E-state index contributed by atoms with van der Waals surface area (Å²) in [5.74, 6) is 0. The molecule has 0 fully saturated rings. The molecule has 0 N–H and O–H groups in total. The van der Waals surface area contributed by atoms with E-state index in [2.05, 4.69) is 232 Å². The first-order chi connectivity index (χ1) is 31.0. The van der Waals surface area contributed by atoms with Gasteiger partial charge in [-0.2, -0.15) is 0 Å². The molecule has 0 amide bonds. The summed E-state index contributed by atoms with van der Waals surface area (Å²) in [4.78, 5) is 0. The number of benzene rings is 12. The zero-order valence-corrected chi connectivity index (χ0v) is 35.3. The average Bonchev–Trinajstić information content (AvgIpc) is 3.57. The maximum atomic E-state index is 2.48. The summed E-state index contributed by atoms with van der Waals surface area (Å²) >= 11 is 0. The molecule has 0 aromatic heterocycles. The van der Waals surface area contributed by atoms with Gasteiger partial charge in [-0.3, -0.25) is 0 Å². The summed E-state index contributed by atoms with van der Waals surface area (Å²) in [5, 5.41) is 15.2. The Labute approximate surface area is 367 Å². The number of hydrogen-bond donors (Lipinski definition) is 0. The molecule has 0 unspecified atom stereocenters. The van der Waals surface area contributed by atoms with Crippen molar-refractivity contribution in [2.75, 3.05) is 0 Å². The van der Waals surface area contributed by atoms with E-state index in [4.69, 9.17) is 0 Å². The largest absolute Gasteiger partial charge is 0.0619 e. The zero-order valence-electron chi connectivity index (χ0n) is 35.3. The van der Waals surface area contributed by atoms with Crippen molar-refractivity contribution in [1.82, 2.24) is 0 Å². The lowest BCUT2D eigenvalue weighted by molar-refractivity contribution is 0.660. The van der Waals surface area contributed by atoms with Gasteiger partial charge in [0.15, 0.2) is 0 Å². The fraction of sp³-hybridized carbons (Fsp3) is 0.0476. The highest BCUT2D eigenvalue weighted by atomic mass is 14.4. The summed E-state index contributed by atoms with van der Waals surface area (Å²) in [7, 11) is 0. The van der Waals surface area contributed by atoms with Crippen molar-refractivity contribution < 1.29 is 0 Å². The second-order valence-corrected chi connectivity index (χ2v) is 17.9. The Morgan fingerprint density at radius 3 is 1.37 bits per heavy atom. The maximum Gasteiger partial charge on any atom is 0.0159 e. The standard InChI is InChI=1S/C63H42/c1-63(2)59-26-14-13-23-51(59)52-33-31-42(38-60(52)63)41-32-34-55-58(35-41)62(57-37-44-16-4-6-18-46(44)48-20-8-10-22-50(48)57)54-25-12-11-24-53(54)61(55)40-29-27-39(28-30-40)56-36-43-15-3-5-17-45(43)47-19-7-9-21-49(47)56/h3-38H,1-2H3. The van der Waals surface area contributed by atoms with Crippen LogP contribution in [0.25, 0.3) is 120 Å². The summed E-state index contributed by atoms with van der Waals surface area (Å²) in [6, 6.07) is 81.9. The summed E-state index contributed by atoms with van der Waals surface area (Å²) < 4.78 is 0. The Morgan fingerprint density at radius 1 is 0.238 bits per heavy atom. The van der Waals surface area contributed by atoms with E-state index < -0.39 is 0 Å². The molecule has 0 spiro atoms. The van der Waals surface area contributed by atoms with E-state index in [0.29, 0.717) is 0 Å². The van der Waals surface area contributed by atoms with Crippen LogP contribution >= 0.6 is 0 Å². The molecule has 12 aromatic rings. The van der Waals surface area contributed by atoms with Crippen molar-refractivity contribution in [2.45, 2.75) is 19.3 Å². The van der Waals surface area contributed by atoms with Crippen molar-refractivity contribution in [2.24, 2.45) is 0 Å². The van der Waals surface area contributed by atoms with Crippen molar-refractivity contribution in [3.05, 3.63) is 230 Å². The van der Waals surface area contributed by atoms with Gasteiger partial charge in [0.2, 0.25) is 0 Å². The molecule has 1 aliphatic carbocycles. The molecule has 63 heavy (non-hydrogen) atoms. The van der Waals surface area contributed by atoms with Crippen LogP contribution in [0.2, 0.25) is 0 Å². The number of hydrogen-bond acceptors (Lipinski definition) is 0. The van der Waals surface area contributed by atoms with E-state index >= 15 is 0 Å². The molecule has 0 heterocycles. The van der Waals surface area contributed by atoms with Crippen LogP contribution < -0.4 is 0 Å². The molecular formula is C63H42. The summed E-state index contributed by atoms with van der Waals surface area (Å²) in [6.07, 6.45) is 0. The molecule has 0 nitrogen and oxygen atoms in total. The average molecular weight is 799 g/mol. The molecule has 13 rings (SSSR count). The molecule has 0 saturated heterocycles. The van der Waals surface area contributed by atoms with Crippen molar-refractivity contribution >= 4 is 64.6 Å². The first kappa shape index (κ1) is 35.9. The highest BCUT2D eigenvalue weighted by Crippen LogP contribution is 2.51. The molecule has 294 valence electrons. The quantitative estimate of drug-likeness (QED) is 0.123. The van der Waals surface area contributed by atoms with Gasteiger partial charge in [-0.15, -0.1) is 0 Å². The summed E-state index contributed by atoms with van der Waals surface area (Å²) in [6.45, 7) is 4.74. The zero-order chi connectivity index (χ0) is 41.8. The first-order valence-electron chi connectivity index (χ1n) is 22.2. The molecule has 0 aliphatic heterocycles. The predicted molar refractivity (Wildman–Crippen MR) is 271 cm³/mol. The van der Waals surface area contributed by atoms with Crippen LogP contribution in [0.4, 0.5) is 0 Å². The minimum Gasteiger partial charge on any atom is -0.0619 e. The van der Waals surface area contributed by atoms with Crippen LogP contribution in [0.3, 0.4) is 0 Å². The maximum absolute atomic E-state index is 2.48. The van der Waals surface area contributed by atoms with E-state index in [0.717, 1.165) is 0 Å². The lowest BCUT2D eigenvalue weighted by Gasteiger charge is -2.22. The van der Waals surface area contributed by atoms with Crippen LogP contribution in [0.15, 0.2) is 218 Å². The highest BCUT2D eigenvalue weighted by molar-refractivity contribution is 6.26. The third-order valence-corrected chi connectivity index (χ3v) is 14.2. The van der Waals surface area contributed by atoms with Gasteiger partial charge in [0, 0.05) is 5.41 Å². The third kappa shape index (κ3) is 5.35. The lowest BCUT2D eigenvalue weighted by atomic mass is 9.81. The highest BCUT2D eigenvalue weighted by Gasteiger charge is 2.35. The Balaban J connectivity index is 1.07. The van der Waals surface area contributed by atoms with Gasteiger partial charge < -0.3 is 0 Å². The Bertz CT molecular complexity index is 3860. The van der Waals surface area contributed by atoms with E-state index in [1.807, 2.05) is 0 Å². The van der Waals surface area contributed by atoms with Gasteiger partial charge >= 0.3 is 0 Å². The van der Waals surface area contributed by atoms with Crippen LogP contribution in [-0.4, -0.2) is 0 Å². The van der Waals surface area contributed by atoms with Crippen molar-refractivity contribution in [3.8, 4) is 55.6 Å². The Kier molecular flexibility index (Phi) is 7.75. The van der Waals surface area contributed by atoms with Crippen LogP contribution in [0.1, 0.15) is 25.0 Å². The molecular weight excluding hydrogens is 757 g/mol. The van der Waals surface area contributed by atoms with Gasteiger partial charge in [-0.25, -0.2) is 0 Å². The van der Waals surface area contributed by atoms with Gasteiger partial charge in [-0.1, -0.05) is 208 Å². The van der Waals surface area contributed by atoms with Crippen LogP contribution in [0.5, 0.6) is 0 Å². The Morgan fingerprint density at radius 2 is 0.683 bits per heavy atom. The minimum atomic E-state index is -0.0807. The van der Waals surface area contributed by atoms with E-state index in [1.54, 1.807) is 0 Å². The van der Waals surface area contributed by atoms with Gasteiger partial charge in [-0.05, 0) is 156 Å². The predicted octanol–water partition coefficient (Wildman–Crippen LogP) is 17.6. The Hall–Kier alpha value is -7.80. The molecule has 0 bridgehead atoms. The smallest absolute Gasteiger partial charge is 0.0159 e.